The third-order valence-corrected chi connectivity index (χ3v) is 5.44. The van der Waals surface area contributed by atoms with E-state index in [1.807, 2.05) is 54.6 Å². The molecule has 7 heteroatoms. The van der Waals surface area contributed by atoms with Crippen molar-refractivity contribution in [3.05, 3.63) is 121 Å². The Morgan fingerprint density at radius 3 is 2.47 bits per heavy atom. The van der Waals surface area contributed by atoms with Crippen LogP contribution in [-0.2, 0) is 0 Å². The van der Waals surface area contributed by atoms with Crippen molar-refractivity contribution in [3.63, 3.8) is 0 Å². The number of nitrogens with zero attached hydrogens (tertiary/aromatic N) is 2. The quantitative estimate of drug-likeness (QED) is 0.488. The monoisotopic (exact) mass is 441 g/mol. The van der Waals surface area contributed by atoms with Crippen LogP contribution in [0.5, 0.6) is 5.88 Å². The summed E-state index contributed by atoms with van der Waals surface area (Å²) < 4.78 is 1.01. The molecule has 0 amide bonds. The van der Waals surface area contributed by atoms with Crippen molar-refractivity contribution in [2.45, 2.75) is 0 Å². The SMILES string of the molecule is O=c1[nH]c(=O)n(-c2cccc(Cl)c2)c(O)c1C=C1C(c2ccccc2)=Nc2ccccc21. The van der Waals surface area contributed by atoms with Crippen LogP contribution in [0.2, 0.25) is 5.02 Å². The molecule has 3 aromatic carbocycles. The Kier molecular flexibility index (Phi) is 4.84. The van der Waals surface area contributed by atoms with E-state index < -0.39 is 17.1 Å². The first kappa shape index (κ1) is 19.8. The topological polar surface area (TPSA) is 87.5 Å². The highest BCUT2D eigenvalue weighted by Gasteiger charge is 2.24. The van der Waals surface area contributed by atoms with E-state index in [2.05, 4.69) is 4.98 Å². The first-order valence-electron chi connectivity index (χ1n) is 9.83. The van der Waals surface area contributed by atoms with Crippen LogP contribution in [0.15, 0.2) is 93.4 Å². The van der Waals surface area contributed by atoms with Gasteiger partial charge in [-0.1, -0.05) is 66.2 Å². The van der Waals surface area contributed by atoms with Gasteiger partial charge in [-0.15, -0.1) is 0 Å². The maximum absolute atomic E-state index is 12.7. The number of fused-ring (bicyclic) bond motifs is 1. The standard InChI is InChI=1S/C25H16ClN3O3/c26-16-9-6-10-17(13-16)29-24(31)20(23(30)28-25(29)32)14-19-18-11-4-5-12-21(18)27-22(19)15-7-2-1-3-8-15/h1-14,31H,(H,28,30,32). The highest BCUT2D eigenvalue weighted by molar-refractivity contribution is 6.39. The van der Waals surface area contributed by atoms with Gasteiger partial charge in [0.25, 0.3) is 5.56 Å². The van der Waals surface area contributed by atoms with Crippen LogP contribution < -0.4 is 11.2 Å². The minimum Gasteiger partial charge on any atom is -0.494 e. The van der Waals surface area contributed by atoms with E-state index in [0.29, 0.717) is 22.0 Å². The molecule has 32 heavy (non-hydrogen) atoms. The van der Waals surface area contributed by atoms with E-state index in [9.17, 15) is 14.7 Å². The van der Waals surface area contributed by atoms with E-state index in [-0.39, 0.29) is 5.56 Å². The van der Waals surface area contributed by atoms with Crippen molar-refractivity contribution < 1.29 is 5.11 Å². The molecule has 2 heterocycles. The second-order valence-electron chi connectivity index (χ2n) is 7.21. The van der Waals surface area contributed by atoms with Gasteiger partial charge in [0.05, 0.1) is 17.1 Å². The first-order chi connectivity index (χ1) is 15.5. The van der Waals surface area contributed by atoms with Crippen molar-refractivity contribution in [3.8, 4) is 11.6 Å². The fourth-order valence-electron chi connectivity index (χ4n) is 3.74. The Morgan fingerprint density at radius 1 is 0.938 bits per heavy atom. The third-order valence-electron chi connectivity index (χ3n) is 5.20. The number of hydrogen-bond acceptors (Lipinski definition) is 4. The Labute approximate surface area is 187 Å². The van der Waals surface area contributed by atoms with Crippen molar-refractivity contribution in [1.82, 2.24) is 9.55 Å². The molecule has 0 fully saturated rings. The van der Waals surface area contributed by atoms with Gasteiger partial charge in [0.2, 0.25) is 5.88 Å². The van der Waals surface area contributed by atoms with Crippen LogP contribution >= 0.6 is 11.6 Å². The van der Waals surface area contributed by atoms with Gasteiger partial charge in [-0.2, -0.15) is 0 Å². The first-order valence-corrected chi connectivity index (χ1v) is 10.2. The predicted octanol–water partition coefficient (Wildman–Crippen LogP) is 4.56. The molecular weight excluding hydrogens is 426 g/mol. The minimum atomic E-state index is -0.763. The Morgan fingerprint density at radius 2 is 1.69 bits per heavy atom. The second-order valence-corrected chi connectivity index (χ2v) is 7.65. The molecule has 1 aliphatic heterocycles. The molecule has 6 nitrogen and oxygen atoms in total. The fraction of sp³-hybridized carbons (Fsp3) is 0. The molecule has 0 radical (unpaired) electrons. The van der Waals surface area contributed by atoms with Gasteiger partial charge in [-0.05, 0) is 30.3 Å². The summed E-state index contributed by atoms with van der Waals surface area (Å²) in [4.78, 5) is 32.2. The molecule has 0 aliphatic carbocycles. The van der Waals surface area contributed by atoms with Gasteiger partial charge >= 0.3 is 5.69 Å². The summed E-state index contributed by atoms with van der Waals surface area (Å²) in [7, 11) is 0. The van der Waals surface area contributed by atoms with Crippen molar-refractivity contribution >= 4 is 34.6 Å². The number of aromatic amines is 1. The zero-order valence-electron chi connectivity index (χ0n) is 16.6. The largest absolute Gasteiger partial charge is 0.494 e. The van der Waals surface area contributed by atoms with Crippen LogP contribution in [0.1, 0.15) is 16.7 Å². The van der Waals surface area contributed by atoms with Crippen LogP contribution in [0.3, 0.4) is 0 Å². The van der Waals surface area contributed by atoms with E-state index in [0.717, 1.165) is 21.4 Å². The highest BCUT2D eigenvalue weighted by Crippen LogP contribution is 2.38. The van der Waals surface area contributed by atoms with Crippen LogP contribution in [0, 0.1) is 0 Å². The van der Waals surface area contributed by atoms with Gasteiger partial charge in [0.15, 0.2) is 0 Å². The maximum atomic E-state index is 12.7. The zero-order chi connectivity index (χ0) is 22.2. The second kappa shape index (κ2) is 7.83. The number of halogens is 1. The smallest absolute Gasteiger partial charge is 0.335 e. The third kappa shape index (κ3) is 3.36. The molecule has 1 aromatic heterocycles. The fourth-order valence-corrected chi connectivity index (χ4v) is 3.92. The van der Waals surface area contributed by atoms with E-state index >= 15 is 0 Å². The number of hydrogen-bond donors (Lipinski definition) is 2. The molecule has 0 saturated heterocycles. The number of nitrogens with one attached hydrogen (secondary N) is 1. The lowest BCUT2D eigenvalue weighted by atomic mass is 9.96. The number of aromatic nitrogens is 2. The summed E-state index contributed by atoms with van der Waals surface area (Å²) in [6.07, 6.45) is 1.56. The normalized spacial score (nSPS) is 13.8. The Balaban J connectivity index is 1.75. The number of rotatable bonds is 3. The maximum Gasteiger partial charge on any atom is 0.335 e. The molecule has 5 rings (SSSR count). The average Bonchev–Trinajstić information content (AvgIpc) is 3.15. The lowest BCUT2D eigenvalue weighted by Gasteiger charge is -2.11. The summed E-state index contributed by atoms with van der Waals surface area (Å²) in [5.74, 6) is -0.481. The van der Waals surface area contributed by atoms with Crippen LogP contribution in [0.25, 0.3) is 17.3 Å². The molecule has 0 atom stereocenters. The van der Waals surface area contributed by atoms with Gasteiger partial charge in [-0.25, -0.2) is 14.4 Å². The number of para-hydroxylation sites is 1. The molecule has 2 N–H and O–H groups in total. The van der Waals surface area contributed by atoms with Crippen molar-refractivity contribution in [2.75, 3.05) is 0 Å². The predicted molar refractivity (Wildman–Crippen MR) is 126 cm³/mol. The zero-order valence-corrected chi connectivity index (χ0v) is 17.4. The molecule has 0 spiro atoms. The number of aliphatic imine (C=N–C) groups is 1. The number of H-pyrrole nitrogens is 1. The number of benzene rings is 3. The molecule has 0 unspecified atom stereocenters. The van der Waals surface area contributed by atoms with Gasteiger partial charge in [-0.3, -0.25) is 9.78 Å². The van der Waals surface area contributed by atoms with Crippen LogP contribution in [-0.4, -0.2) is 20.4 Å². The molecule has 4 aromatic rings. The van der Waals surface area contributed by atoms with E-state index in [1.54, 1.807) is 24.3 Å². The summed E-state index contributed by atoms with van der Waals surface area (Å²) in [6, 6.07) is 23.6. The van der Waals surface area contributed by atoms with Crippen molar-refractivity contribution in [2.24, 2.45) is 4.99 Å². The molecule has 0 bridgehead atoms. The summed E-state index contributed by atoms with van der Waals surface area (Å²) in [5, 5.41) is 11.4. The van der Waals surface area contributed by atoms with E-state index in [1.165, 1.54) is 6.07 Å². The van der Waals surface area contributed by atoms with Gasteiger partial charge in [0.1, 0.15) is 5.56 Å². The number of aromatic hydroxyl groups is 1. The van der Waals surface area contributed by atoms with E-state index in [4.69, 9.17) is 16.6 Å². The molecule has 1 aliphatic rings. The average molecular weight is 442 g/mol. The number of allylic oxidation sites excluding steroid dienone is 1. The van der Waals surface area contributed by atoms with Gasteiger partial charge in [0, 0.05) is 21.7 Å². The molecule has 156 valence electrons. The highest BCUT2D eigenvalue weighted by atomic mass is 35.5. The van der Waals surface area contributed by atoms with Gasteiger partial charge < -0.3 is 5.11 Å². The summed E-state index contributed by atoms with van der Waals surface area (Å²) >= 11 is 6.05. The van der Waals surface area contributed by atoms with Crippen LogP contribution in [0.4, 0.5) is 5.69 Å². The summed E-state index contributed by atoms with van der Waals surface area (Å²) in [5.41, 5.74) is 2.61. The molecule has 0 saturated carbocycles. The Hall–Kier alpha value is -4.16. The minimum absolute atomic E-state index is 0.0556. The van der Waals surface area contributed by atoms with Crippen molar-refractivity contribution in [1.29, 1.82) is 0 Å². The lowest BCUT2D eigenvalue weighted by Crippen LogP contribution is -2.30. The molecular formula is C25H16ClN3O3. The lowest BCUT2D eigenvalue weighted by molar-refractivity contribution is 0.429. The Bertz CT molecular complexity index is 1530. The summed E-state index contributed by atoms with van der Waals surface area (Å²) in [6.45, 7) is 0.